The monoisotopic (exact) mass is 467 g/mol. The molecule has 172 valence electrons. The van der Waals surface area contributed by atoms with E-state index >= 15 is 0 Å². The number of para-hydroxylation sites is 2. The molecule has 1 aliphatic heterocycles. The Kier molecular flexibility index (Phi) is 6.94. The minimum atomic E-state index is -1.20. The summed E-state index contributed by atoms with van der Waals surface area (Å²) in [5, 5.41) is 0. The van der Waals surface area contributed by atoms with E-state index in [1.54, 1.807) is 0 Å². The summed E-state index contributed by atoms with van der Waals surface area (Å²) < 4.78 is 13.2. The molecule has 4 aromatic rings. The fraction of sp³-hybridized carbons (Fsp3) is 0.200. The summed E-state index contributed by atoms with van der Waals surface area (Å²) in [5.74, 6) is 1.76. The van der Waals surface area contributed by atoms with E-state index in [1.807, 2.05) is 18.2 Å². The molecular formula is C30H30NO2P. The smallest absolute Gasteiger partial charge is 0.295 e. The lowest BCUT2D eigenvalue weighted by atomic mass is 9.98. The number of benzene rings is 4. The van der Waals surface area contributed by atoms with E-state index in [-0.39, 0.29) is 0 Å². The zero-order valence-corrected chi connectivity index (χ0v) is 20.7. The van der Waals surface area contributed by atoms with Gasteiger partial charge in [0.05, 0.1) is 6.16 Å². The highest BCUT2D eigenvalue weighted by molar-refractivity contribution is 7.47. The van der Waals surface area contributed by atoms with Crippen LogP contribution >= 0.6 is 8.38 Å². The molecule has 5 rings (SSSR count). The number of fused-ring (bicyclic) bond motifs is 3. The maximum absolute atomic E-state index is 6.68. The molecule has 0 saturated heterocycles. The van der Waals surface area contributed by atoms with E-state index in [0.29, 0.717) is 0 Å². The summed E-state index contributed by atoms with van der Waals surface area (Å²) in [6.45, 7) is 7.40. The van der Waals surface area contributed by atoms with Gasteiger partial charge in [0.15, 0.2) is 0 Å². The predicted molar refractivity (Wildman–Crippen MR) is 142 cm³/mol. The molecule has 4 aromatic carbocycles. The Bertz CT molecular complexity index is 1220. The van der Waals surface area contributed by atoms with Crippen LogP contribution in [0.25, 0.3) is 22.3 Å². The first-order valence-electron chi connectivity index (χ1n) is 12.0. The molecule has 1 aliphatic rings. The van der Waals surface area contributed by atoms with Crippen molar-refractivity contribution >= 4 is 8.38 Å². The van der Waals surface area contributed by atoms with Gasteiger partial charge in [0.2, 0.25) is 0 Å². The summed E-state index contributed by atoms with van der Waals surface area (Å²) in [4.78, 5) is 2.44. The minimum Gasteiger partial charge on any atom is -0.438 e. The van der Waals surface area contributed by atoms with Gasteiger partial charge in [0.1, 0.15) is 11.5 Å². The molecule has 1 unspecified atom stereocenters. The van der Waals surface area contributed by atoms with Crippen LogP contribution in [0.2, 0.25) is 0 Å². The van der Waals surface area contributed by atoms with Gasteiger partial charge in [-0.15, -0.1) is 0 Å². The van der Waals surface area contributed by atoms with Crippen molar-refractivity contribution in [2.45, 2.75) is 26.6 Å². The number of hydrogen-bond acceptors (Lipinski definition) is 3. The summed E-state index contributed by atoms with van der Waals surface area (Å²) >= 11 is 0. The summed E-state index contributed by atoms with van der Waals surface area (Å²) in [6.07, 6.45) is 0.746. The van der Waals surface area contributed by atoms with E-state index in [1.165, 1.54) is 22.3 Å². The van der Waals surface area contributed by atoms with Crippen molar-refractivity contribution in [3.8, 4) is 33.8 Å². The molecule has 0 bridgehead atoms. The highest BCUT2D eigenvalue weighted by Gasteiger charge is 2.25. The van der Waals surface area contributed by atoms with Crippen LogP contribution in [0.1, 0.15) is 25.0 Å². The number of nitrogens with zero attached hydrogens (tertiary/aromatic N) is 1. The molecule has 4 heteroatoms. The van der Waals surface area contributed by atoms with E-state index in [4.69, 9.17) is 9.05 Å². The van der Waals surface area contributed by atoms with Crippen molar-refractivity contribution in [1.82, 2.24) is 4.90 Å². The zero-order chi connectivity index (χ0) is 23.3. The Hall–Kier alpha value is -3.13. The van der Waals surface area contributed by atoms with Gasteiger partial charge in [-0.2, -0.15) is 0 Å². The maximum Gasteiger partial charge on any atom is 0.295 e. The topological polar surface area (TPSA) is 21.7 Å². The van der Waals surface area contributed by atoms with Crippen molar-refractivity contribution in [3.05, 3.63) is 108 Å². The Balaban J connectivity index is 1.50. The van der Waals surface area contributed by atoms with Gasteiger partial charge in [-0.3, -0.25) is 4.90 Å². The Morgan fingerprint density at radius 2 is 1.32 bits per heavy atom. The fourth-order valence-corrected chi connectivity index (χ4v) is 5.99. The van der Waals surface area contributed by atoms with Gasteiger partial charge in [0.25, 0.3) is 8.38 Å². The van der Waals surface area contributed by atoms with Crippen LogP contribution in [0, 0.1) is 0 Å². The molecule has 0 amide bonds. The molecule has 0 N–H and O–H groups in total. The molecule has 0 aliphatic carbocycles. The number of rotatable bonds is 7. The third-order valence-corrected chi connectivity index (χ3v) is 7.78. The molecule has 1 atom stereocenters. The molecule has 0 aromatic heterocycles. The molecule has 3 nitrogen and oxygen atoms in total. The lowest BCUT2D eigenvalue weighted by Crippen LogP contribution is -2.22. The Morgan fingerprint density at radius 1 is 0.706 bits per heavy atom. The first-order valence-corrected chi connectivity index (χ1v) is 13.3. The minimum absolute atomic E-state index is 0.746. The van der Waals surface area contributed by atoms with Gasteiger partial charge in [0, 0.05) is 17.7 Å². The molecule has 0 spiro atoms. The second kappa shape index (κ2) is 10.4. The first-order chi connectivity index (χ1) is 16.8. The van der Waals surface area contributed by atoms with Crippen LogP contribution in [0.3, 0.4) is 0 Å². The van der Waals surface area contributed by atoms with E-state index in [2.05, 4.69) is 97.6 Å². The van der Waals surface area contributed by atoms with E-state index in [9.17, 15) is 0 Å². The van der Waals surface area contributed by atoms with Crippen molar-refractivity contribution in [2.24, 2.45) is 0 Å². The molecular weight excluding hydrogens is 437 g/mol. The SMILES string of the molecule is CCN(CC)Cc1ccccc1-c1ccccc1OP1Cc2ccccc2-c2ccccc2O1. The van der Waals surface area contributed by atoms with Crippen LogP contribution in [0.15, 0.2) is 97.1 Å². The fourth-order valence-electron chi connectivity index (χ4n) is 4.51. The Morgan fingerprint density at radius 3 is 2.12 bits per heavy atom. The second-order valence-corrected chi connectivity index (χ2v) is 9.79. The van der Waals surface area contributed by atoms with Crippen molar-refractivity contribution in [3.63, 3.8) is 0 Å². The van der Waals surface area contributed by atoms with Crippen LogP contribution in [-0.2, 0) is 12.7 Å². The number of hydrogen-bond donors (Lipinski definition) is 0. The first kappa shape index (κ1) is 22.7. The standard InChI is InChI=1S/C30H30NO2P/c1-3-31(4-2)21-23-13-5-7-15-25(23)27-17-9-11-19-29(27)32-34-22-24-14-6-8-16-26(24)28-18-10-12-20-30(28)33-34/h5-20H,3-4,21-22H2,1-2H3. The van der Waals surface area contributed by atoms with Gasteiger partial charge >= 0.3 is 0 Å². The lowest BCUT2D eigenvalue weighted by molar-refractivity contribution is 0.296. The quantitative estimate of drug-likeness (QED) is 0.256. The summed E-state index contributed by atoms with van der Waals surface area (Å²) in [5.41, 5.74) is 7.26. The van der Waals surface area contributed by atoms with Crippen LogP contribution in [-0.4, -0.2) is 18.0 Å². The molecule has 0 radical (unpaired) electrons. The van der Waals surface area contributed by atoms with Crippen LogP contribution in [0.5, 0.6) is 11.5 Å². The Labute approximate surface area is 203 Å². The molecule has 0 saturated carbocycles. The largest absolute Gasteiger partial charge is 0.438 e. The average Bonchev–Trinajstić information content (AvgIpc) is 3.04. The summed E-state index contributed by atoms with van der Waals surface area (Å²) in [6, 6.07) is 33.8. The normalized spacial score (nSPS) is 14.6. The van der Waals surface area contributed by atoms with E-state index in [0.717, 1.165) is 48.4 Å². The van der Waals surface area contributed by atoms with Gasteiger partial charge in [-0.25, -0.2) is 0 Å². The van der Waals surface area contributed by atoms with Crippen molar-refractivity contribution in [2.75, 3.05) is 13.1 Å². The van der Waals surface area contributed by atoms with Crippen LogP contribution < -0.4 is 9.05 Å². The second-order valence-electron chi connectivity index (χ2n) is 8.44. The van der Waals surface area contributed by atoms with E-state index < -0.39 is 8.38 Å². The van der Waals surface area contributed by atoms with Gasteiger partial charge < -0.3 is 9.05 Å². The third-order valence-electron chi connectivity index (χ3n) is 6.38. The van der Waals surface area contributed by atoms with Crippen LogP contribution in [0.4, 0.5) is 0 Å². The van der Waals surface area contributed by atoms with Gasteiger partial charge in [-0.1, -0.05) is 98.8 Å². The molecule has 34 heavy (non-hydrogen) atoms. The predicted octanol–water partition coefficient (Wildman–Crippen LogP) is 8.15. The third kappa shape index (κ3) is 4.73. The molecule has 0 fully saturated rings. The van der Waals surface area contributed by atoms with Crippen molar-refractivity contribution < 1.29 is 9.05 Å². The molecule has 1 heterocycles. The highest BCUT2D eigenvalue weighted by atomic mass is 31.2. The average molecular weight is 468 g/mol. The summed E-state index contributed by atoms with van der Waals surface area (Å²) in [7, 11) is -1.20. The van der Waals surface area contributed by atoms with Gasteiger partial charge in [-0.05, 0) is 47.5 Å². The maximum atomic E-state index is 6.68. The van der Waals surface area contributed by atoms with Crippen molar-refractivity contribution in [1.29, 1.82) is 0 Å². The zero-order valence-electron chi connectivity index (χ0n) is 19.8. The highest BCUT2D eigenvalue weighted by Crippen LogP contribution is 2.52. The lowest BCUT2D eigenvalue weighted by Gasteiger charge is -2.22.